The van der Waals surface area contributed by atoms with Crippen LogP contribution in [0.1, 0.15) is 18.9 Å². The van der Waals surface area contributed by atoms with Crippen LogP contribution < -0.4 is 26.4 Å². The van der Waals surface area contributed by atoms with Crippen LogP contribution in [-0.4, -0.2) is 40.0 Å². The zero-order chi connectivity index (χ0) is 22.5. The Kier molecular flexibility index (Phi) is 6.61. The van der Waals surface area contributed by atoms with Gasteiger partial charge in [-0.2, -0.15) is 0 Å². The first-order valence-corrected chi connectivity index (χ1v) is 11.1. The normalized spacial score (nSPS) is 12.9. The van der Waals surface area contributed by atoms with Crippen molar-refractivity contribution in [3.8, 4) is 16.9 Å². The lowest BCUT2D eigenvalue weighted by atomic mass is 9.97. The minimum atomic E-state index is 0.410. The molecule has 1 aliphatic heterocycles. The number of fused-ring (bicyclic) bond motifs is 2. The average Bonchev–Trinajstić information content (AvgIpc) is 2.83. The summed E-state index contributed by atoms with van der Waals surface area (Å²) >= 11 is 0. The Hall–Kier alpha value is -3.51. The second-order valence-corrected chi connectivity index (χ2v) is 7.87. The Balaban J connectivity index is 1.63. The fraction of sp³-hybridized carbons (Fsp3) is 0.269. The van der Waals surface area contributed by atoms with E-state index >= 15 is 0 Å². The van der Waals surface area contributed by atoms with Crippen molar-refractivity contribution in [2.75, 3.05) is 44.3 Å². The lowest BCUT2D eigenvalue weighted by Crippen LogP contribution is -2.29. The largest absolute Gasteiger partial charge is 0.486 e. The number of rotatable bonds is 9. The number of ether oxygens (including phenoxy) is 1. The van der Waals surface area contributed by atoms with Gasteiger partial charge in [0, 0.05) is 31.1 Å². The van der Waals surface area contributed by atoms with E-state index in [0.717, 1.165) is 82.0 Å². The molecule has 0 aromatic heterocycles. The lowest BCUT2D eigenvalue weighted by molar-refractivity contribution is 0.343. The standard InChI is InChI=1S/C26H31N5O/c1-4-11-30-12-13-31-26-21-9-6-18(15-24(21)32-16-23(26)28-2)17-5-8-20-19(14-17)7-10-22(27)25(20)29-3/h5-10,14-15,29-31H,2,4,11-13,16,27H2,1,3H3. The van der Waals surface area contributed by atoms with Gasteiger partial charge in [0.2, 0.25) is 0 Å². The van der Waals surface area contributed by atoms with Gasteiger partial charge in [0.25, 0.3) is 0 Å². The van der Waals surface area contributed by atoms with Crippen molar-refractivity contribution in [2.45, 2.75) is 13.3 Å². The molecule has 32 heavy (non-hydrogen) atoms. The number of hydrogen-bond acceptors (Lipinski definition) is 6. The number of benzene rings is 3. The molecule has 166 valence electrons. The summed E-state index contributed by atoms with van der Waals surface area (Å²) in [5.41, 5.74) is 12.9. The van der Waals surface area contributed by atoms with Crippen LogP contribution in [0.2, 0.25) is 0 Å². The summed E-state index contributed by atoms with van der Waals surface area (Å²) in [7, 11) is 1.89. The summed E-state index contributed by atoms with van der Waals surface area (Å²) in [4.78, 5) is 4.19. The maximum Gasteiger partial charge on any atom is 0.132 e. The molecule has 0 aliphatic carbocycles. The Bertz CT molecular complexity index is 1170. The molecule has 0 amide bonds. The van der Waals surface area contributed by atoms with E-state index in [1.807, 2.05) is 13.1 Å². The van der Waals surface area contributed by atoms with Crippen molar-refractivity contribution >= 4 is 34.6 Å². The molecule has 5 N–H and O–H groups in total. The van der Waals surface area contributed by atoms with Crippen molar-refractivity contribution in [3.63, 3.8) is 0 Å². The number of nitrogens with one attached hydrogen (secondary N) is 3. The third kappa shape index (κ3) is 4.27. The molecule has 0 atom stereocenters. The van der Waals surface area contributed by atoms with Crippen LogP contribution in [-0.2, 0) is 0 Å². The second-order valence-electron chi connectivity index (χ2n) is 7.87. The number of anilines is 2. The summed E-state index contributed by atoms with van der Waals surface area (Å²) < 4.78 is 6.03. The van der Waals surface area contributed by atoms with Gasteiger partial charge in [-0.3, -0.25) is 4.99 Å². The maximum absolute atomic E-state index is 6.11. The smallest absolute Gasteiger partial charge is 0.132 e. The summed E-state index contributed by atoms with van der Waals surface area (Å²) in [6.45, 7) is 9.03. The number of hydrogen-bond donors (Lipinski definition) is 4. The van der Waals surface area contributed by atoms with Crippen molar-refractivity contribution in [3.05, 3.63) is 59.8 Å². The first-order valence-electron chi connectivity index (χ1n) is 11.1. The van der Waals surface area contributed by atoms with Crippen molar-refractivity contribution in [2.24, 2.45) is 4.99 Å². The lowest BCUT2D eigenvalue weighted by Gasteiger charge is -2.24. The molecule has 1 heterocycles. The predicted molar refractivity (Wildman–Crippen MR) is 136 cm³/mol. The molecule has 1 aliphatic rings. The highest BCUT2D eigenvalue weighted by Crippen LogP contribution is 2.37. The summed E-state index contributed by atoms with van der Waals surface area (Å²) in [6.07, 6.45) is 1.13. The van der Waals surface area contributed by atoms with Gasteiger partial charge in [-0.05, 0) is 60.5 Å². The van der Waals surface area contributed by atoms with Gasteiger partial charge in [0.1, 0.15) is 18.1 Å². The monoisotopic (exact) mass is 429 g/mol. The van der Waals surface area contributed by atoms with E-state index in [2.05, 4.69) is 77.0 Å². The van der Waals surface area contributed by atoms with Gasteiger partial charge in [0.15, 0.2) is 0 Å². The molecule has 0 unspecified atom stereocenters. The Morgan fingerprint density at radius 1 is 1.03 bits per heavy atom. The molecule has 0 saturated carbocycles. The van der Waals surface area contributed by atoms with E-state index in [1.54, 1.807) is 0 Å². The highest BCUT2D eigenvalue weighted by atomic mass is 16.5. The SMILES string of the molecule is C=NC1=C(NCCNCCC)c2ccc(-c3ccc4c(NC)c(N)ccc4c3)cc2OC1. The molecule has 0 saturated heterocycles. The van der Waals surface area contributed by atoms with Crippen LogP contribution in [0.5, 0.6) is 5.75 Å². The number of nitrogens with two attached hydrogens (primary N) is 1. The molecule has 3 aromatic carbocycles. The summed E-state index contributed by atoms with van der Waals surface area (Å²) in [6, 6.07) is 16.8. The molecule has 4 rings (SSSR count). The highest BCUT2D eigenvalue weighted by molar-refractivity contribution is 6.01. The third-order valence-electron chi connectivity index (χ3n) is 5.76. The maximum atomic E-state index is 6.11. The molecule has 6 heteroatoms. The zero-order valence-electron chi connectivity index (χ0n) is 18.8. The minimum Gasteiger partial charge on any atom is -0.486 e. The minimum absolute atomic E-state index is 0.410. The van der Waals surface area contributed by atoms with Crippen molar-refractivity contribution in [1.29, 1.82) is 0 Å². The summed E-state index contributed by atoms with van der Waals surface area (Å²) in [5, 5.41) is 12.4. The average molecular weight is 430 g/mol. The van der Waals surface area contributed by atoms with E-state index in [-0.39, 0.29) is 0 Å². The van der Waals surface area contributed by atoms with E-state index in [4.69, 9.17) is 10.5 Å². The van der Waals surface area contributed by atoms with E-state index in [1.165, 1.54) is 0 Å². The van der Waals surface area contributed by atoms with Gasteiger partial charge in [-0.15, -0.1) is 0 Å². The van der Waals surface area contributed by atoms with E-state index in [9.17, 15) is 0 Å². The Labute approximate surface area is 189 Å². The fourth-order valence-electron chi connectivity index (χ4n) is 4.11. The van der Waals surface area contributed by atoms with Gasteiger partial charge in [0.05, 0.1) is 17.1 Å². The van der Waals surface area contributed by atoms with Crippen LogP contribution in [0, 0.1) is 0 Å². The number of nitrogens with zero attached hydrogens (tertiary/aromatic N) is 1. The van der Waals surface area contributed by atoms with Gasteiger partial charge in [-0.1, -0.05) is 31.2 Å². The molecule has 6 nitrogen and oxygen atoms in total. The molecular weight excluding hydrogens is 398 g/mol. The molecular formula is C26H31N5O. The van der Waals surface area contributed by atoms with Crippen LogP contribution in [0.4, 0.5) is 11.4 Å². The topological polar surface area (TPSA) is 83.7 Å². The predicted octanol–water partition coefficient (Wildman–Crippen LogP) is 4.48. The van der Waals surface area contributed by atoms with Gasteiger partial charge in [-0.25, -0.2) is 0 Å². The molecule has 0 radical (unpaired) electrons. The molecule has 0 spiro atoms. The first-order chi connectivity index (χ1) is 15.7. The quantitative estimate of drug-likeness (QED) is 0.229. The third-order valence-corrected chi connectivity index (χ3v) is 5.76. The molecule has 3 aromatic rings. The van der Waals surface area contributed by atoms with Crippen molar-refractivity contribution in [1.82, 2.24) is 10.6 Å². The van der Waals surface area contributed by atoms with E-state index < -0.39 is 0 Å². The fourth-order valence-corrected chi connectivity index (χ4v) is 4.11. The zero-order valence-corrected chi connectivity index (χ0v) is 18.8. The van der Waals surface area contributed by atoms with Gasteiger partial charge >= 0.3 is 0 Å². The second kappa shape index (κ2) is 9.75. The van der Waals surface area contributed by atoms with Crippen LogP contribution in [0.15, 0.2) is 59.2 Å². The van der Waals surface area contributed by atoms with Crippen molar-refractivity contribution < 1.29 is 4.74 Å². The number of nitrogen functional groups attached to an aromatic ring is 1. The van der Waals surface area contributed by atoms with Crippen LogP contribution >= 0.6 is 0 Å². The first kappa shape index (κ1) is 21.7. The molecule has 0 fully saturated rings. The van der Waals surface area contributed by atoms with E-state index in [0.29, 0.717) is 6.61 Å². The highest BCUT2D eigenvalue weighted by Gasteiger charge is 2.20. The van der Waals surface area contributed by atoms with Crippen LogP contribution in [0.3, 0.4) is 0 Å². The van der Waals surface area contributed by atoms with Gasteiger partial charge < -0.3 is 26.4 Å². The Morgan fingerprint density at radius 2 is 1.84 bits per heavy atom. The summed E-state index contributed by atoms with van der Waals surface area (Å²) in [5.74, 6) is 0.854. The van der Waals surface area contributed by atoms with Crippen LogP contribution in [0.25, 0.3) is 27.6 Å². The molecule has 0 bridgehead atoms. The Morgan fingerprint density at radius 3 is 2.62 bits per heavy atom. The number of aliphatic imine (C=N–C) groups is 1.